The van der Waals surface area contributed by atoms with Gasteiger partial charge in [0.2, 0.25) is 0 Å². The summed E-state index contributed by atoms with van der Waals surface area (Å²) in [5.41, 5.74) is 7.19. The average Bonchev–Trinajstić information content (AvgIpc) is 2.47. The second-order valence-electron chi connectivity index (χ2n) is 4.32. The molecule has 2 rings (SSSR count). The van der Waals surface area contributed by atoms with Gasteiger partial charge in [0.15, 0.2) is 0 Å². The molecule has 0 atom stereocenters. The molecule has 6 heteroatoms. The van der Waals surface area contributed by atoms with E-state index in [-0.39, 0.29) is 6.61 Å². The fourth-order valence-electron chi connectivity index (χ4n) is 1.72. The molecule has 0 unspecified atom stereocenters. The zero-order valence-corrected chi connectivity index (χ0v) is 12.7. The van der Waals surface area contributed by atoms with E-state index in [4.69, 9.17) is 38.4 Å². The Kier molecular flexibility index (Phi) is 4.94. The van der Waals surface area contributed by atoms with E-state index in [0.717, 1.165) is 5.56 Å². The third-order valence-electron chi connectivity index (χ3n) is 2.75. The average molecular weight is 326 g/mol. The van der Waals surface area contributed by atoms with Crippen molar-refractivity contribution in [2.75, 3.05) is 12.8 Å². The number of hydrogen-bond acceptors (Lipinski definition) is 4. The number of ether oxygens (including phenoxy) is 2. The number of nitrogens with two attached hydrogens (primary N) is 1. The summed E-state index contributed by atoms with van der Waals surface area (Å²) in [5.74, 6) is 0.00293. The molecule has 110 valence electrons. The summed E-state index contributed by atoms with van der Waals surface area (Å²) >= 11 is 11.7. The van der Waals surface area contributed by atoms with Crippen LogP contribution >= 0.6 is 23.2 Å². The number of esters is 1. The summed E-state index contributed by atoms with van der Waals surface area (Å²) in [7, 11) is 1.50. The Hall–Kier alpha value is -1.91. The number of nitrogen functional groups attached to an aromatic ring is 1. The minimum absolute atomic E-state index is 0.0901. The molecule has 0 saturated carbocycles. The topological polar surface area (TPSA) is 61.5 Å². The van der Waals surface area contributed by atoms with Crippen LogP contribution in [0.4, 0.5) is 5.69 Å². The van der Waals surface area contributed by atoms with E-state index in [9.17, 15) is 4.79 Å². The van der Waals surface area contributed by atoms with Crippen molar-refractivity contribution in [3.63, 3.8) is 0 Å². The van der Waals surface area contributed by atoms with E-state index >= 15 is 0 Å². The van der Waals surface area contributed by atoms with Crippen LogP contribution in [0.2, 0.25) is 10.0 Å². The second-order valence-corrected chi connectivity index (χ2v) is 5.13. The maximum Gasteiger partial charge on any atom is 0.338 e. The van der Waals surface area contributed by atoms with Gasteiger partial charge in [0.05, 0.1) is 22.7 Å². The summed E-state index contributed by atoms with van der Waals surface area (Å²) in [5, 5.41) is 0.864. The number of anilines is 1. The highest BCUT2D eigenvalue weighted by molar-refractivity contribution is 6.42. The first kappa shape index (κ1) is 15.5. The van der Waals surface area contributed by atoms with Crippen molar-refractivity contribution in [2.24, 2.45) is 0 Å². The minimum Gasteiger partial charge on any atom is -0.497 e. The van der Waals surface area contributed by atoms with Crippen LogP contribution in [0.15, 0.2) is 36.4 Å². The quantitative estimate of drug-likeness (QED) is 0.683. The van der Waals surface area contributed by atoms with Crippen molar-refractivity contribution in [3.05, 3.63) is 57.6 Å². The lowest BCUT2D eigenvalue weighted by Crippen LogP contribution is -2.06. The Morgan fingerprint density at radius 2 is 1.90 bits per heavy atom. The Morgan fingerprint density at radius 1 is 1.14 bits per heavy atom. The van der Waals surface area contributed by atoms with Gasteiger partial charge in [-0.3, -0.25) is 0 Å². The molecule has 0 bridgehead atoms. The van der Waals surface area contributed by atoms with Crippen LogP contribution in [0.25, 0.3) is 0 Å². The number of hydrogen-bond donors (Lipinski definition) is 1. The van der Waals surface area contributed by atoms with Crippen molar-refractivity contribution in [1.82, 2.24) is 0 Å². The lowest BCUT2D eigenvalue weighted by Gasteiger charge is -2.08. The highest BCUT2D eigenvalue weighted by Gasteiger charge is 2.10. The van der Waals surface area contributed by atoms with E-state index in [1.165, 1.54) is 13.2 Å². The highest BCUT2D eigenvalue weighted by Crippen LogP contribution is 2.23. The van der Waals surface area contributed by atoms with Gasteiger partial charge in [0, 0.05) is 11.8 Å². The van der Waals surface area contributed by atoms with Gasteiger partial charge >= 0.3 is 5.97 Å². The van der Waals surface area contributed by atoms with Crippen molar-refractivity contribution >= 4 is 34.9 Å². The largest absolute Gasteiger partial charge is 0.497 e. The fourth-order valence-corrected chi connectivity index (χ4v) is 2.04. The van der Waals surface area contributed by atoms with Crippen molar-refractivity contribution < 1.29 is 14.3 Å². The summed E-state index contributed by atoms with van der Waals surface area (Å²) in [6.45, 7) is 0.0901. The lowest BCUT2D eigenvalue weighted by molar-refractivity contribution is 0.0472. The summed E-state index contributed by atoms with van der Waals surface area (Å²) in [6, 6.07) is 9.75. The molecule has 0 heterocycles. The number of halogens is 2. The summed E-state index contributed by atoms with van der Waals surface area (Å²) in [6.07, 6.45) is 0. The smallest absolute Gasteiger partial charge is 0.338 e. The van der Waals surface area contributed by atoms with Crippen LogP contribution < -0.4 is 10.5 Å². The monoisotopic (exact) mass is 325 g/mol. The van der Waals surface area contributed by atoms with Gasteiger partial charge in [-0.05, 0) is 29.8 Å². The van der Waals surface area contributed by atoms with Crippen molar-refractivity contribution in [2.45, 2.75) is 6.61 Å². The van der Waals surface area contributed by atoms with E-state index in [2.05, 4.69) is 0 Å². The Bertz CT molecular complexity index is 674. The van der Waals surface area contributed by atoms with Gasteiger partial charge in [0.1, 0.15) is 12.4 Å². The normalized spacial score (nSPS) is 10.2. The molecule has 2 aromatic carbocycles. The van der Waals surface area contributed by atoms with Gasteiger partial charge in [-0.2, -0.15) is 0 Å². The molecule has 0 radical (unpaired) electrons. The maximum absolute atomic E-state index is 12.0. The molecule has 2 aromatic rings. The third kappa shape index (κ3) is 4.03. The van der Waals surface area contributed by atoms with Crippen LogP contribution in [0.1, 0.15) is 15.9 Å². The van der Waals surface area contributed by atoms with Crippen molar-refractivity contribution in [1.29, 1.82) is 0 Å². The predicted octanol–water partition coefficient (Wildman–Crippen LogP) is 3.94. The van der Waals surface area contributed by atoms with E-state index in [0.29, 0.717) is 27.0 Å². The highest BCUT2D eigenvalue weighted by atomic mass is 35.5. The molecule has 0 aliphatic rings. The van der Waals surface area contributed by atoms with E-state index in [1.807, 2.05) is 0 Å². The van der Waals surface area contributed by atoms with E-state index < -0.39 is 5.97 Å². The molecular weight excluding hydrogens is 313 g/mol. The van der Waals surface area contributed by atoms with Crippen LogP contribution in [-0.4, -0.2) is 13.1 Å². The molecule has 0 aliphatic heterocycles. The summed E-state index contributed by atoms with van der Waals surface area (Å²) in [4.78, 5) is 12.0. The first-order valence-electron chi connectivity index (χ1n) is 6.05. The standard InChI is InChI=1S/C15H13Cl2NO3/c1-20-12-6-10(5-11(18)7-12)15(19)21-8-9-2-3-13(16)14(17)4-9/h2-7H,8,18H2,1H3. The summed E-state index contributed by atoms with van der Waals surface area (Å²) < 4.78 is 10.3. The number of carbonyl (C=O) groups excluding carboxylic acids is 1. The van der Waals surface area contributed by atoms with Gasteiger partial charge in [-0.1, -0.05) is 29.3 Å². The van der Waals surface area contributed by atoms with E-state index in [1.54, 1.807) is 30.3 Å². The Balaban J connectivity index is 2.07. The van der Waals surface area contributed by atoms with Crippen LogP contribution in [-0.2, 0) is 11.3 Å². The first-order valence-corrected chi connectivity index (χ1v) is 6.81. The van der Waals surface area contributed by atoms with Crippen LogP contribution in [0.3, 0.4) is 0 Å². The van der Waals surface area contributed by atoms with Gasteiger partial charge in [0.25, 0.3) is 0 Å². The molecule has 0 aromatic heterocycles. The number of carbonyl (C=O) groups is 1. The Morgan fingerprint density at radius 3 is 2.57 bits per heavy atom. The number of rotatable bonds is 4. The van der Waals surface area contributed by atoms with Crippen molar-refractivity contribution in [3.8, 4) is 5.75 Å². The van der Waals surface area contributed by atoms with Crippen LogP contribution in [0, 0.1) is 0 Å². The lowest BCUT2D eigenvalue weighted by atomic mass is 10.2. The Labute approximate surface area is 132 Å². The minimum atomic E-state index is -0.494. The molecule has 0 saturated heterocycles. The molecule has 21 heavy (non-hydrogen) atoms. The third-order valence-corrected chi connectivity index (χ3v) is 3.49. The second kappa shape index (κ2) is 6.70. The molecular formula is C15H13Cl2NO3. The molecule has 4 nitrogen and oxygen atoms in total. The first-order chi connectivity index (χ1) is 9.99. The zero-order valence-electron chi connectivity index (χ0n) is 11.2. The van der Waals surface area contributed by atoms with Gasteiger partial charge < -0.3 is 15.2 Å². The molecule has 0 spiro atoms. The van der Waals surface area contributed by atoms with Crippen LogP contribution in [0.5, 0.6) is 5.75 Å². The maximum atomic E-state index is 12.0. The number of methoxy groups -OCH3 is 1. The molecule has 0 aliphatic carbocycles. The number of benzene rings is 2. The molecule has 2 N–H and O–H groups in total. The van der Waals surface area contributed by atoms with Gasteiger partial charge in [-0.25, -0.2) is 4.79 Å². The molecule has 0 fully saturated rings. The fraction of sp³-hybridized carbons (Fsp3) is 0.133. The van der Waals surface area contributed by atoms with Gasteiger partial charge in [-0.15, -0.1) is 0 Å². The zero-order chi connectivity index (χ0) is 15.4. The molecule has 0 amide bonds. The SMILES string of the molecule is COc1cc(N)cc(C(=O)OCc2ccc(Cl)c(Cl)c2)c1. The predicted molar refractivity (Wildman–Crippen MR) is 83.0 cm³/mol.